The zero-order valence-corrected chi connectivity index (χ0v) is 16.4. The molecule has 0 bridgehead atoms. The predicted octanol–water partition coefficient (Wildman–Crippen LogP) is 2.85. The van der Waals surface area contributed by atoms with Crippen LogP contribution in [0, 0.1) is 0 Å². The summed E-state index contributed by atoms with van der Waals surface area (Å²) in [5, 5.41) is 4.43. The number of nitrogens with zero attached hydrogens (tertiary/aromatic N) is 5. The zero-order chi connectivity index (χ0) is 20.5. The molecule has 1 amide bonds. The number of fused-ring (bicyclic) bond motifs is 3. The van der Waals surface area contributed by atoms with Crippen LogP contribution in [-0.2, 0) is 11.3 Å². The highest BCUT2D eigenvalue weighted by Crippen LogP contribution is 2.25. The summed E-state index contributed by atoms with van der Waals surface area (Å²) in [6, 6.07) is 16.5. The maximum Gasteiger partial charge on any atom is 0.351 e. The minimum atomic E-state index is -0.383. The van der Waals surface area contributed by atoms with Gasteiger partial charge in [0.25, 0.3) is 5.88 Å². The molecule has 0 unspecified atom stereocenters. The van der Waals surface area contributed by atoms with Gasteiger partial charge in [-0.15, -0.1) is 5.10 Å². The van der Waals surface area contributed by atoms with Crippen LogP contribution in [0.25, 0.3) is 16.7 Å². The Labute approximate surface area is 172 Å². The summed E-state index contributed by atoms with van der Waals surface area (Å²) in [5.41, 5.74) is 1.13. The van der Waals surface area contributed by atoms with Crippen molar-refractivity contribution in [2.75, 3.05) is 13.1 Å². The van der Waals surface area contributed by atoms with Crippen LogP contribution in [0.1, 0.15) is 19.3 Å². The first-order valence-electron chi connectivity index (χ1n) is 10.1. The number of carbonyl (C=O) groups excluding carboxylic acids is 1. The molecule has 1 fully saturated rings. The standard InChI is InChI=1S/C22H21N5O3/c28-19(25-13-7-2-8-14-25)15-26-22(29)27-18-12-6-5-11-17(18)23-21(20(27)24-26)30-16-9-3-1-4-10-16/h1,3-6,9-12H,2,7-8,13-15H2. The number of hydrogen-bond acceptors (Lipinski definition) is 5. The molecular formula is C22H21N5O3. The average molecular weight is 403 g/mol. The number of piperidine rings is 1. The second-order valence-electron chi connectivity index (χ2n) is 7.36. The van der Waals surface area contributed by atoms with Crippen molar-refractivity contribution in [3.63, 3.8) is 0 Å². The second kappa shape index (κ2) is 7.62. The van der Waals surface area contributed by atoms with Gasteiger partial charge in [0.2, 0.25) is 11.6 Å². The van der Waals surface area contributed by atoms with Crippen molar-refractivity contribution in [3.8, 4) is 11.6 Å². The molecule has 30 heavy (non-hydrogen) atoms. The molecule has 8 heteroatoms. The topological polar surface area (TPSA) is 81.7 Å². The minimum Gasteiger partial charge on any atom is -0.436 e. The van der Waals surface area contributed by atoms with E-state index in [4.69, 9.17) is 4.74 Å². The average Bonchev–Trinajstić information content (AvgIpc) is 3.12. The van der Waals surface area contributed by atoms with Gasteiger partial charge in [0.1, 0.15) is 12.3 Å². The summed E-state index contributed by atoms with van der Waals surface area (Å²) < 4.78 is 8.62. The van der Waals surface area contributed by atoms with E-state index in [-0.39, 0.29) is 29.7 Å². The maximum absolute atomic E-state index is 13.2. The van der Waals surface area contributed by atoms with Crippen molar-refractivity contribution < 1.29 is 9.53 Å². The fourth-order valence-electron chi connectivity index (χ4n) is 3.81. The van der Waals surface area contributed by atoms with Gasteiger partial charge in [0.15, 0.2) is 0 Å². The lowest BCUT2D eigenvalue weighted by atomic mass is 10.1. The molecule has 1 aliphatic heterocycles. The number of aromatic nitrogens is 4. The number of likely N-dealkylation sites (tertiary alicyclic amines) is 1. The van der Waals surface area contributed by atoms with Crippen LogP contribution in [0.15, 0.2) is 59.4 Å². The third-order valence-electron chi connectivity index (χ3n) is 5.33. The van der Waals surface area contributed by atoms with E-state index in [1.165, 1.54) is 9.08 Å². The van der Waals surface area contributed by atoms with Crippen LogP contribution < -0.4 is 10.4 Å². The Morgan fingerprint density at radius 1 is 0.967 bits per heavy atom. The quantitative estimate of drug-likeness (QED) is 0.523. The highest BCUT2D eigenvalue weighted by molar-refractivity contribution is 5.80. The first-order valence-corrected chi connectivity index (χ1v) is 10.1. The monoisotopic (exact) mass is 403 g/mol. The molecular weight excluding hydrogens is 382 g/mol. The summed E-state index contributed by atoms with van der Waals surface area (Å²) in [6.45, 7) is 1.36. The van der Waals surface area contributed by atoms with Gasteiger partial charge in [-0.2, -0.15) is 0 Å². The van der Waals surface area contributed by atoms with Crippen LogP contribution >= 0.6 is 0 Å². The highest BCUT2D eigenvalue weighted by atomic mass is 16.5. The summed E-state index contributed by atoms with van der Waals surface area (Å²) in [7, 11) is 0. The van der Waals surface area contributed by atoms with Crippen LogP contribution in [0.5, 0.6) is 11.6 Å². The molecule has 8 nitrogen and oxygen atoms in total. The van der Waals surface area contributed by atoms with Gasteiger partial charge < -0.3 is 9.64 Å². The number of para-hydroxylation sites is 3. The van der Waals surface area contributed by atoms with Crippen molar-refractivity contribution in [2.24, 2.45) is 0 Å². The molecule has 4 aromatic rings. The largest absolute Gasteiger partial charge is 0.436 e. The summed E-state index contributed by atoms with van der Waals surface area (Å²) in [5.74, 6) is 0.720. The van der Waals surface area contributed by atoms with Crippen molar-refractivity contribution >= 4 is 22.6 Å². The van der Waals surface area contributed by atoms with E-state index in [1.807, 2.05) is 54.6 Å². The number of benzene rings is 2. The smallest absolute Gasteiger partial charge is 0.351 e. The zero-order valence-electron chi connectivity index (χ0n) is 16.4. The van der Waals surface area contributed by atoms with Gasteiger partial charge >= 0.3 is 5.69 Å². The number of hydrogen-bond donors (Lipinski definition) is 0. The number of rotatable bonds is 4. The third kappa shape index (κ3) is 3.30. The van der Waals surface area contributed by atoms with Crippen LogP contribution in [0.3, 0.4) is 0 Å². The number of carbonyl (C=O) groups is 1. The minimum absolute atomic E-state index is 0.0944. The highest BCUT2D eigenvalue weighted by Gasteiger charge is 2.22. The molecule has 152 valence electrons. The lowest BCUT2D eigenvalue weighted by Gasteiger charge is -2.26. The van der Waals surface area contributed by atoms with Crippen LogP contribution in [-0.4, -0.2) is 43.1 Å². The fraction of sp³-hybridized carbons (Fsp3) is 0.273. The Hall–Kier alpha value is -3.68. The van der Waals surface area contributed by atoms with Gasteiger partial charge in [0.05, 0.1) is 11.0 Å². The number of amides is 1. The van der Waals surface area contributed by atoms with Crippen LogP contribution in [0.2, 0.25) is 0 Å². The molecule has 3 heterocycles. The Morgan fingerprint density at radius 2 is 1.70 bits per heavy atom. The SMILES string of the molecule is O=C(Cn1nc2c(Oc3ccccc3)nc3ccccc3n2c1=O)N1CCCCC1. The third-order valence-corrected chi connectivity index (χ3v) is 5.33. The predicted molar refractivity (Wildman–Crippen MR) is 112 cm³/mol. The molecule has 0 atom stereocenters. The Morgan fingerprint density at radius 3 is 2.50 bits per heavy atom. The van der Waals surface area contributed by atoms with E-state index < -0.39 is 0 Å². The number of ether oxygens (including phenoxy) is 1. The molecule has 5 rings (SSSR count). The van der Waals surface area contributed by atoms with Gasteiger partial charge in [0, 0.05) is 13.1 Å². The van der Waals surface area contributed by atoms with Crippen molar-refractivity contribution in [1.82, 2.24) is 24.1 Å². The lowest BCUT2D eigenvalue weighted by molar-refractivity contribution is -0.133. The van der Waals surface area contributed by atoms with Crippen molar-refractivity contribution in [2.45, 2.75) is 25.8 Å². The molecule has 2 aromatic heterocycles. The normalized spacial score (nSPS) is 14.3. The maximum atomic E-state index is 13.2. The Balaban J connectivity index is 1.60. The van der Waals surface area contributed by atoms with Crippen LogP contribution in [0.4, 0.5) is 0 Å². The van der Waals surface area contributed by atoms with E-state index in [0.29, 0.717) is 16.8 Å². The van der Waals surface area contributed by atoms with E-state index in [9.17, 15) is 9.59 Å². The second-order valence-corrected chi connectivity index (χ2v) is 7.36. The van der Waals surface area contributed by atoms with E-state index in [1.54, 1.807) is 4.90 Å². The van der Waals surface area contributed by atoms with Gasteiger partial charge in [-0.05, 0) is 43.5 Å². The molecule has 0 N–H and O–H groups in total. The first kappa shape index (κ1) is 18.4. The van der Waals surface area contributed by atoms with E-state index >= 15 is 0 Å². The summed E-state index contributed by atoms with van der Waals surface area (Å²) in [4.78, 5) is 32.3. The first-order chi connectivity index (χ1) is 14.7. The molecule has 1 saturated heterocycles. The fourth-order valence-corrected chi connectivity index (χ4v) is 3.81. The molecule has 1 aliphatic rings. The van der Waals surface area contributed by atoms with E-state index in [2.05, 4.69) is 10.1 Å². The molecule has 0 aliphatic carbocycles. The van der Waals surface area contributed by atoms with Crippen molar-refractivity contribution in [1.29, 1.82) is 0 Å². The molecule has 2 aromatic carbocycles. The van der Waals surface area contributed by atoms with Gasteiger partial charge in [-0.25, -0.2) is 18.9 Å². The van der Waals surface area contributed by atoms with Gasteiger partial charge in [-0.3, -0.25) is 4.79 Å². The molecule has 0 saturated carbocycles. The molecule has 0 radical (unpaired) electrons. The Bertz CT molecular complexity index is 1270. The summed E-state index contributed by atoms with van der Waals surface area (Å²) >= 11 is 0. The summed E-state index contributed by atoms with van der Waals surface area (Å²) in [6.07, 6.45) is 3.13. The molecule has 0 spiro atoms. The van der Waals surface area contributed by atoms with Crippen molar-refractivity contribution in [3.05, 3.63) is 65.1 Å². The van der Waals surface area contributed by atoms with Gasteiger partial charge in [-0.1, -0.05) is 30.3 Å². The van der Waals surface area contributed by atoms with E-state index in [0.717, 1.165) is 32.4 Å². The lowest BCUT2D eigenvalue weighted by Crippen LogP contribution is -2.39. The Kier molecular flexibility index (Phi) is 4.66.